The molecule has 0 aliphatic carbocycles. The smallest absolute Gasteiger partial charge is 0.0589 e. The van der Waals surface area contributed by atoms with Gasteiger partial charge < -0.3 is 10.2 Å². The molecule has 0 aromatic heterocycles. The molecule has 1 fully saturated rings. The Morgan fingerprint density at radius 3 is 2.67 bits per heavy atom. The van der Waals surface area contributed by atoms with E-state index in [0.717, 1.165) is 13.0 Å². The van der Waals surface area contributed by atoms with Crippen LogP contribution in [0.15, 0.2) is 0 Å². The minimum Gasteiger partial charge on any atom is -0.395 e. The van der Waals surface area contributed by atoms with E-state index in [-0.39, 0.29) is 25.3 Å². The highest BCUT2D eigenvalue weighted by atomic mass is 16.3. The molecule has 0 aromatic carbocycles. The van der Waals surface area contributed by atoms with Crippen LogP contribution >= 0.6 is 0 Å². The molecule has 0 saturated carbocycles. The zero-order valence-corrected chi connectivity index (χ0v) is 7.90. The van der Waals surface area contributed by atoms with E-state index in [1.54, 1.807) is 0 Å². The second-order valence-electron chi connectivity index (χ2n) is 3.79. The standard InChI is InChI=1S/C9H19NO2/c1-7-3-4-10(8(2)5-11)9(7)6-12/h7-9,11-12H,3-6H2,1-2H3. The third-order valence-electron chi connectivity index (χ3n) is 2.94. The maximum absolute atomic E-state index is 9.13. The average molecular weight is 173 g/mol. The second-order valence-corrected chi connectivity index (χ2v) is 3.79. The van der Waals surface area contributed by atoms with E-state index in [1.807, 2.05) is 6.92 Å². The van der Waals surface area contributed by atoms with Crippen LogP contribution in [-0.2, 0) is 0 Å². The third kappa shape index (κ3) is 1.79. The molecule has 12 heavy (non-hydrogen) atoms. The molecule has 0 aromatic rings. The van der Waals surface area contributed by atoms with Crippen molar-refractivity contribution >= 4 is 0 Å². The number of aliphatic hydroxyl groups is 2. The van der Waals surface area contributed by atoms with Crippen LogP contribution in [0.2, 0.25) is 0 Å². The summed E-state index contributed by atoms with van der Waals surface area (Å²) in [5, 5.41) is 18.1. The van der Waals surface area contributed by atoms with Gasteiger partial charge in [0.05, 0.1) is 13.2 Å². The molecule has 72 valence electrons. The normalized spacial score (nSPS) is 34.0. The molecule has 3 unspecified atom stereocenters. The van der Waals surface area contributed by atoms with Gasteiger partial charge in [-0.2, -0.15) is 0 Å². The molecule has 0 amide bonds. The molecular weight excluding hydrogens is 154 g/mol. The Kier molecular flexibility index (Phi) is 3.50. The first-order chi connectivity index (χ1) is 5.70. The fraction of sp³-hybridized carbons (Fsp3) is 1.00. The van der Waals surface area contributed by atoms with Crippen molar-refractivity contribution in [3.63, 3.8) is 0 Å². The van der Waals surface area contributed by atoms with Crippen molar-refractivity contribution in [1.29, 1.82) is 0 Å². The van der Waals surface area contributed by atoms with E-state index in [1.165, 1.54) is 0 Å². The average Bonchev–Trinajstić information content (AvgIpc) is 2.45. The van der Waals surface area contributed by atoms with Crippen molar-refractivity contribution < 1.29 is 10.2 Å². The Balaban J connectivity index is 2.53. The summed E-state index contributed by atoms with van der Waals surface area (Å²) >= 11 is 0. The monoisotopic (exact) mass is 173 g/mol. The molecule has 1 rings (SSSR count). The van der Waals surface area contributed by atoms with Gasteiger partial charge in [0.15, 0.2) is 0 Å². The quantitative estimate of drug-likeness (QED) is 0.635. The summed E-state index contributed by atoms with van der Waals surface area (Å²) in [4.78, 5) is 2.20. The summed E-state index contributed by atoms with van der Waals surface area (Å²) < 4.78 is 0. The molecule has 1 aliphatic rings. The Bertz CT molecular complexity index is 140. The SMILES string of the molecule is CC1CCN(C(C)CO)C1CO. The fourth-order valence-corrected chi connectivity index (χ4v) is 1.97. The minimum atomic E-state index is 0.184. The molecule has 0 spiro atoms. The van der Waals surface area contributed by atoms with Crippen LogP contribution in [0, 0.1) is 5.92 Å². The lowest BCUT2D eigenvalue weighted by molar-refractivity contribution is 0.0781. The lowest BCUT2D eigenvalue weighted by Gasteiger charge is -2.29. The summed E-state index contributed by atoms with van der Waals surface area (Å²) in [6.07, 6.45) is 1.13. The largest absolute Gasteiger partial charge is 0.395 e. The molecule has 1 saturated heterocycles. The number of likely N-dealkylation sites (tertiary alicyclic amines) is 1. The molecule has 3 nitrogen and oxygen atoms in total. The highest BCUT2D eigenvalue weighted by Crippen LogP contribution is 2.25. The van der Waals surface area contributed by atoms with E-state index in [9.17, 15) is 0 Å². The molecule has 3 heteroatoms. The summed E-state index contributed by atoms with van der Waals surface area (Å²) in [6, 6.07) is 0.444. The van der Waals surface area contributed by atoms with Gasteiger partial charge in [0.2, 0.25) is 0 Å². The van der Waals surface area contributed by atoms with Crippen LogP contribution < -0.4 is 0 Å². The molecule has 1 aliphatic heterocycles. The second kappa shape index (κ2) is 4.21. The van der Waals surface area contributed by atoms with E-state index in [0.29, 0.717) is 5.92 Å². The topological polar surface area (TPSA) is 43.7 Å². The zero-order chi connectivity index (χ0) is 9.14. The molecule has 0 bridgehead atoms. The number of aliphatic hydroxyl groups excluding tert-OH is 2. The highest BCUT2D eigenvalue weighted by Gasteiger charge is 2.32. The van der Waals surface area contributed by atoms with Crippen molar-refractivity contribution in [1.82, 2.24) is 4.90 Å². The first-order valence-corrected chi connectivity index (χ1v) is 4.68. The van der Waals surface area contributed by atoms with Crippen LogP contribution in [0.3, 0.4) is 0 Å². The molecule has 0 radical (unpaired) electrons. The van der Waals surface area contributed by atoms with E-state index in [2.05, 4.69) is 11.8 Å². The Hall–Kier alpha value is -0.120. The van der Waals surface area contributed by atoms with Gasteiger partial charge >= 0.3 is 0 Å². The maximum Gasteiger partial charge on any atom is 0.0589 e. The first-order valence-electron chi connectivity index (χ1n) is 4.68. The van der Waals surface area contributed by atoms with Gasteiger partial charge in [-0.25, -0.2) is 0 Å². The summed E-state index contributed by atoms with van der Waals surface area (Å²) in [6.45, 7) is 5.56. The highest BCUT2D eigenvalue weighted by molar-refractivity contribution is 4.86. The van der Waals surface area contributed by atoms with Gasteiger partial charge in [-0.05, 0) is 25.8 Å². The van der Waals surface area contributed by atoms with Gasteiger partial charge in [-0.3, -0.25) is 4.90 Å². The number of nitrogens with zero attached hydrogens (tertiary/aromatic N) is 1. The van der Waals surface area contributed by atoms with Crippen LogP contribution in [0.25, 0.3) is 0 Å². The molecule has 3 atom stereocenters. The van der Waals surface area contributed by atoms with Gasteiger partial charge in [-0.1, -0.05) is 6.92 Å². The van der Waals surface area contributed by atoms with Crippen molar-refractivity contribution in [2.24, 2.45) is 5.92 Å². The van der Waals surface area contributed by atoms with Gasteiger partial charge in [0.25, 0.3) is 0 Å². The summed E-state index contributed by atoms with van der Waals surface area (Å²) in [7, 11) is 0. The van der Waals surface area contributed by atoms with Gasteiger partial charge in [0, 0.05) is 12.1 Å². The number of hydrogen-bond donors (Lipinski definition) is 2. The van der Waals surface area contributed by atoms with E-state index in [4.69, 9.17) is 10.2 Å². The van der Waals surface area contributed by atoms with Crippen molar-refractivity contribution in [3.05, 3.63) is 0 Å². The van der Waals surface area contributed by atoms with E-state index >= 15 is 0 Å². The molecule has 2 N–H and O–H groups in total. The Morgan fingerprint density at radius 2 is 2.17 bits per heavy atom. The molecule has 1 heterocycles. The van der Waals surface area contributed by atoms with Crippen molar-refractivity contribution in [2.75, 3.05) is 19.8 Å². The van der Waals surface area contributed by atoms with Crippen LogP contribution in [0.4, 0.5) is 0 Å². The van der Waals surface area contributed by atoms with Gasteiger partial charge in [0.1, 0.15) is 0 Å². The predicted octanol–water partition coefficient (Wildman–Crippen LogP) is 0.0699. The number of hydrogen-bond acceptors (Lipinski definition) is 3. The minimum absolute atomic E-state index is 0.184. The van der Waals surface area contributed by atoms with Crippen LogP contribution in [0.1, 0.15) is 20.3 Å². The fourth-order valence-electron chi connectivity index (χ4n) is 1.97. The Labute approximate surface area is 74.0 Å². The van der Waals surface area contributed by atoms with Crippen molar-refractivity contribution in [2.45, 2.75) is 32.4 Å². The molecular formula is C9H19NO2. The maximum atomic E-state index is 9.13. The third-order valence-corrected chi connectivity index (χ3v) is 2.94. The van der Waals surface area contributed by atoms with Crippen LogP contribution in [0.5, 0.6) is 0 Å². The van der Waals surface area contributed by atoms with Crippen LogP contribution in [-0.4, -0.2) is 47.0 Å². The Morgan fingerprint density at radius 1 is 1.50 bits per heavy atom. The lowest BCUT2D eigenvalue weighted by atomic mass is 10.0. The zero-order valence-electron chi connectivity index (χ0n) is 7.90. The predicted molar refractivity (Wildman–Crippen MR) is 47.9 cm³/mol. The van der Waals surface area contributed by atoms with Gasteiger partial charge in [-0.15, -0.1) is 0 Å². The van der Waals surface area contributed by atoms with Crippen molar-refractivity contribution in [3.8, 4) is 0 Å². The summed E-state index contributed by atoms with van der Waals surface area (Å²) in [5.41, 5.74) is 0. The lowest BCUT2D eigenvalue weighted by Crippen LogP contribution is -2.42. The van der Waals surface area contributed by atoms with E-state index < -0.39 is 0 Å². The summed E-state index contributed by atoms with van der Waals surface area (Å²) in [5.74, 6) is 0.559. The first kappa shape index (κ1) is 9.96. The number of rotatable bonds is 3.